The standard InChI is InChI=1S/C20H19F3N2O4/c1-12(26)24-16-8-6-14(7-9-16)18(27)25-17(19(28)29-2)11-13-4-3-5-15(10-13)20(21,22)23/h3-10,17H,11H2,1-2H3,(H,24,26)(H,25,27)/t17-/m0/s1. The van der Waals surface area contributed by atoms with E-state index in [9.17, 15) is 27.6 Å². The summed E-state index contributed by atoms with van der Waals surface area (Å²) in [5, 5.41) is 5.02. The van der Waals surface area contributed by atoms with Gasteiger partial charge in [-0.3, -0.25) is 9.59 Å². The summed E-state index contributed by atoms with van der Waals surface area (Å²) in [6.07, 6.45) is -4.69. The number of anilines is 1. The van der Waals surface area contributed by atoms with Gasteiger partial charge in [0.15, 0.2) is 0 Å². The summed E-state index contributed by atoms with van der Waals surface area (Å²) in [6, 6.07) is 9.24. The first-order valence-corrected chi connectivity index (χ1v) is 8.52. The highest BCUT2D eigenvalue weighted by Gasteiger charge is 2.31. The summed E-state index contributed by atoms with van der Waals surface area (Å²) in [7, 11) is 1.12. The molecule has 2 N–H and O–H groups in total. The van der Waals surface area contributed by atoms with Crippen molar-refractivity contribution in [1.29, 1.82) is 0 Å². The molecule has 0 aromatic heterocycles. The molecule has 6 nitrogen and oxygen atoms in total. The predicted octanol–water partition coefficient (Wildman–Crippen LogP) is 3.18. The van der Waals surface area contributed by atoms with Gasteiger partial charge in [0.1, 0.15) is 6.04 Å². The van der Waals surface area contributed by atoms with Gasteiger partial charge in [-0.15, -0.1) is 0 Å². The smallest absolute Gasteiger partial charge is 0.416 e. The van der Waals surface area contributed by atoms with E-state index in [4.69, 9.17) is 0 Å². The number of halogens is 3. The average molecular weight is 408 g/mol. The van der Waals surface area contributed by atoms with Gasteiger partial charge in [0.25, 0.3) is 5.91 Å². The van der Waals surface area contributed by atoms with E-state index in [2.05, 4.69) is 15.4 Å². The lowest BCUT2D eigenvalue weighted by Gasteiger charge is -2.17. The van der Waals surface area contributed by atoms with Gasteiger partial charge in [-0.05, 0) is 35.9 Å². The maximum absolute atomic E-state index is 12.9. The quantitative estimate of drug-likeness (QED) is 0.719. The molecule has 0 saturated carbocycles. The maximum Gasteiger partial charge on any atom is 0.416 e. The molecule has 0 saturated heterocycles. The average Bonchev–Trinajstić information content (AvgIpc) is 2.66. The predicted molar refractivity (Wildman–Crippen MR) is 99.2 cm³/mol. The summed E-state index contributed by atoms with van der Waals surface area (Å²) < 4.78 is 43.3. The normalized spacial score (nSPS) is 12.0. The van der Waals surface area contributed by atoms with Crippen LogP contribution in [-0.2, 0) is 26.9 Å². The van der Waals surface area contributed by atoms with Crippen LogP contribution in [0.5, 0.6) is 0 Å². The second-order valence-electron chi connectivity index (χ2n) is 6.21. The van der Waals surface area contributed by atoms with Crippen LogP contribution >= 0.6 is 0 Å². The number of amides is 2. The zero-order valence-electron chi connectivity index (χ0n) is 15.7. The van der Waals surface area contributed by atoms with E-state index in [-0.39, 0.29) is 23.5 Å². The number of esters is 1. The van der Waals surface area contributed by atoms with E-state index in [1.807, 2.05) is 0 Å². The Morgan fingerprint density at radius 2 is 1.72 bits per heavy atom. The molecule has 0 bridgehead atoms. The molecule has 9 heteroatoms. The number of ether oxygens (including phenoxy) is 1. The van der Waals surface area contributed by atoms with Crippen LogP contribution < -0.4 is 10.6 Å². The number of hydrogen-bond donors (Lipinski definition) is 2. The molecule has 0 radical (unpaired) electrons. The zero-order chi connectivity index (χ0) is 21.6. The number of hydrogen-bond acceptors (Lipinski definition) is 4. The van der Waals surface area contributed by atoms with Crippen LogP contribution in [0.15, 0.2) is 48.5 Å². The SMILES string of the molecule is COC(=O)[C@H](Cc1cccc(C(F)(F)F)c1)NC(=O)c1ccc(NC(C)=O)cc1. The molecular weight excluding hydrogens is 389 g/mol. The first kappa shape index (κ1) is 21.9. The number of rotatable bonds is 6. The van der Waals surface area contributed by atoms with Crippen molar-refractivity contribution in [3.8, 4) is 0 Å². The van der Waals surface area contributed by atoms with Crippen molar-refractivity contribution in [3.05, 3.63) is 65.2 Å². The first-order valence-electron chi connectivity index (χ1n) is 8.52. The molecule has 1 atom stereocenters. The van der Waals surface area contributed by atoms with Gasteiger partial charge < -0.3 is 15.4 Å². The Morgan fingerprint density at radius 3 is 2.28 bits per heavy atom. The minimum atomic E-state index is -4.52. The monoisotopic (exact) mass is 408 g/mol. The molecule has 2 aromatic rings. The van der Waals surface area contributed by atoms with Crippen LogP contribution in [0.1, 0.15) is 28.4 Å². The summed E-state index contributed by atoms with van der Waals surface area (Å²) in [4.78, 5) is 35.5. The maximum atomic E-state index is 12.9. The number of carbonyl (C=O) groups is 3. The molecule has 0 aliphatic rings. The van der Waals surface area contributed by atoms with Crippen LogP contribution in [0.4, 0.5) is 18.9 Å². The van der Waals surface area contributed by atoms with Crippen molar-refractivity contribution in [2.24, 2.45) is 0 Å². The molecule has 0 aliphatic heterocycles. The Labute approximate surface area is 165 Å². The highest BCUT2D eigenvalue weighted by molar-refractivity contribution is 5.97. The molecule has 0 fully saturated rings. The van der Waals surface area contributed by atoms with Gasteiger partial charge in [0, 0.05) is 24.6 Å². The van der Waals surface area contributed by atoms with Crippen LogP contribution in [0.3, 0.4) is 0 Å². The lowest BCUT2D eigenvalue weighted by molar-refractivity contribution is -0.142. The van der Waals surface area contributed by atoms with Gasteiger partial charge in [0.2, 0.25) is 5.91 Å². The molecular formula is C20H19F3N2O4. The lowest BCUT2D eigenvalue weighted by Crippen LogP contribution is -2.43. The van der Waals surface area contributed by atoms with Gasteiger partial charge in [0.05, 0.1) is 12.7 Å². The highest BCUT2D eigenvalue weighted by Crippen LogP contribution is 2.29. The molecule has 154 valence electrons. The van der Waals surface area contributed by atoms with Crippen molar-refractivity contribution in [2.75, 3.05) is 12.4 Å². The molecule has 0 spiro atoms. The van der Waals surface area contributed by atoms with Crippen LogP contribution in [0.25, 0.3) is 0 Å². The zero-order valence-corrected chi connectivity index (χ0v) is 15.7. The summed E-state index contributed by atoms with van der Waals surface area (Å²) in [5.41, 5.74) is 0.0645. The highest BCUT2D eigenvalue weighted by atomic mass is 19.4. The van der Waals surface area contributed by atoms with E-state index in [1.54, 1.807) is 0 Å². The molecule has 0 aliphatic carbocycles. The van der Waals surface area contributed by atoms with E-state index in [1.165, 1.54) is 43.3 Å². The fourth-order valence-electron chi connectivity index (χ4n) is 2.60. The second kappa shape index (κ2) is 9.22. The van der Waals surface area contributed by atoms with E-state index < -0.39 is 29.7 Å². The fourth-order valence-corrected chi connectivity index (χ4v) is 2.60. The Bertz CT molecular complexity index is 895. The largest absolute Gasteiger partial charge is 0.467 e. The molecule has 2 amide bonds. The third-order valence-corrected chi connectivity index (χ3v) is 3.95. The number of nitrogens with one attached hydrogen (secondary N) is 2. The third-order valence-electron chi connectivity index (χ3n) is 3.95. The summed E-state index contributed by atoms with van der Waals surface area (Å²) in [5.74, 6) is -1.67. The molecule has 29 heavy (non-hydrogen) atoms. The lowest BCUT2D eigenvalue weighted by atomic mass is 10.0. The second-order valence-corrected chi connectivity index (χ2v) is 6.21. The van der Waals surface area contributed by atoms with Crippen molar-refractivity contribution in [3.63, 3.8) is 0 Å². The van der Waals surface area contributed by atoms with Crippen molar-refractivity contribution in [2.45, 2.75) is 25.6 Å². The van der Waals surface area contributed by atoms with Crippen molar-refractivity contribution >= 4 is 23.5 Å². The molecule has 2 rings (SSSR count). The van der Waals surface area contributed by atoms with Gasteiger partial charge in [-0.1, -0.05) is 18.2 Å². The van der Waals surface area contributed by atoms with Gasteiger partial charge >= 0.3 is 12.1 Å². The Hall–Kier alpha value is -3.36. The number of alkyl halides is 3. The summed E-state index contributed by atoms with van der Waals surface area (Å²) >= 11 is 0. The Kier molecular flexibility index (Phi) is 6.98. The van der Waals surface area contributed by atoms with E-state index in [0.29, 0.717) is 5.69 Å². The molecule has 0 heterocycles. The van der Waals surface area contributed by atoms with E-state index in [0.717, 1.165) is 19.2 Å². The van der Waals surface area contributed by atoms with Crippen molar-refractivity contribution in [1.82, 2.24) is 5.32 Å². The fraction of sp³-hybridized carbons (Fsp3) is 0.250. The Morgan fingerprint density at radius 1 is 1.07 bits per heavy atom. The summed E-state index contributed by atoms with van der Waals surface area (Å²) in [6.45, 7) is 1.34. The van der Waals surface area contributed by atoms with E-state index >= 15 is 0 Å². The van der Waals surface area contributed by atoms with Crippen LogP contribution in [-0.4, -0.2) is 30.9 Å². The number of carbonyl (C=O) groups excluding carboxylic acids is 3. The molecule has 2 aromatic carbocycles. The molecule has 0 unspecified atom stereocenters. The minimum Gasteiger partial charge on any atom is -0.467 e. The minimum absolute atomic E-state index is 0.174. The van der Waals surface area contributed by atoms with Crippen molar-refractivity contribution < 1.29 is 32.3 Å². The van der Waals surface area contributed by atoms with Gasteiger partial charge in [-0.2, -0.15) is 13.2 Å². The topological polar surface area (TPSA) is 84.5 Å². The number of benzene rings is 2. The number of methoxy groups -OCH3 is 1. The third kappa shape index (κ3) is 6.34. The van der Waals surface area contributed by atoms with Crippen LogP contribution in [0, 0.1) is 0 Å². The van der Waals surface area contributed by atoms with Gasteiger partial charge in [-0.25, -0.2) is 4.79 Å². The Balaban J connectivity index is 2.16. The first-order chi connectivity index (χ1) is 13.6. The van der Waals surface area contributed by atoms with Crippen LogP contribution in [0.2, 0.25) is 0 Å².